The molecular formula is C14H19ClFNO. The lowest BCUT2D eigenvalue weighted by atomic mass is 9.94. The maximum absolute atomic E-state index is 13.8. The highest BCUT2D eigenvalue weighted by atomic mass is 35.5. The molecule has 0 radical (unpaired) electrons. The van der Waals surface area contributed by atoms with Gasteiger partial charge in [-0.25, -0.2) is 4.39 Å². The predicted octanol–water partition coefficient (Wildman–Crippen LogP) is 3.48. The fraction of sp³-hybridized carbons (Fsp3) is 0.571. The quantitative estimate of drug-likeness (QED) is 0.909. The molecule has 0 spiro atoms. The summed E-state index contributed by atoms with van der Waals surface area (Å²) < 4.78 is 19.1. The van der Waals surface area contributed by atoms with Crippen molar-refractivity contribution in [2.45, 2.75) is 38.6 Å². The Morgan fingerprint density at radius 2 is 2.28 bits per heavy atom. The Balaban J connectivity index is 2.29. The van der Waals surface area contributed by atoms with Crippen LogP contribution in [0.5, 0.6) is 5.75 Å². The van der Waals surface area contributed by atoms with Crippen molar-refractivity contribution in [1.82, 2.24) is 5.32 Å². The largest absolute Gasteiger partial charge is 0.495 e. The molecule has 2 rings (SSSR count). The Labute approximate surface area is 112 Å². The van der Waals surface area contributed by atoms with Crippen LogP contribution in [0.4, 0.5) is 4.39 Å². The average molecular weight is 272 g/mol. The second-order valence-corrected chi connectivity index (χ2v) is 5.24. The molecule has 4 heteroatoms. The molecule has 100 valence electrons. The maximum Gasteiger partial charge on any atom is 0.141 e. The summed E-state index contributed by atoms with van der Waals surface area (Å²) in [5.41, 5.74) is 1.53. The molecule has 1 atom stereocenters. The molecule has 2 nitrogen and oxygen atoms in total. The van der Waals surface area contributed by atoms with Gasteiger partial charge in [0.15, 0.2) is 0 Å². The highest BCUT2D eigenvalue weighted by molar-refractivity contribution is 6.32. The van der Waals surface area contributed by atoms with Crippen molar-refractivity contribution in [2.75, 3.05) is 13.7 Å². The van der Waals surface area contributed by atoms with E-state index in [9.17, 15) is 4.39 Å². The molecule has 1 aliphatic heterocycles. The third kappa shape index (κ3) is 2.78. The van der Waals surface area contributed by atoms with Crippen LogP contribution in [0.3, 0.4) is 0 Å². The lowest BCUT2D eigenvalue weighted by Crippen LogP contribution is -2.35. The van der Waals surface area contributed by atoms with E-state index in [1.54, 1.807) is 14.0 Å². The van der Waals surface area contributed by atoms with E-state index in [1.807, 2.05) is 0 Å². The average Bonchev–Trinajstić information content (AvgIpc) is 2.37. The summed E-state index contributed by atoms with van der Waals surface area (Å²) in [7, 11) is 1.58. The number of nitrogens with one attached hydrogen (secondary N) is 1. The van der Waals surface area contributed by atoms with Crippen LogP contribution in [0.1, 0.15) is 30.4 Å². The van der Waals surface area contributed by atoms with Crippen molar-refractivity contribution in [2.24, 2.45) is 0 Å². The van der Waals surface area contributed by atoms with Gasteiger partial charge < -0.3 is 10.1 Å². The van der Waals surface area contributed by atoms with E-state index >= 15 is 0 Å². The molecule has 0 aromatic heterocycles. The Bertz CT molecular complexity index is 430. The Kier molecular flexibility index (Phi) is 4.46. The van der Waals surface area contributed by atoms with Gasteiger partial charge in [-0.3, -0.25) is 0 Å². The lowest BCUT2D eigenvalue weighted by Gasteiger charge is -2.25. The van der Waals surface area contributed by atoms with E-state index in [4.69, 9.17) is 16.3 Å². The topological polar surface area (TPSA) is 21.3 Å². The van der Waals surface area contributed by atoms with E-state index in [2.05, 4.69) is 5.32 Å². The molecule has 1 unspecified atom stereocenters. The zero-order chi connectivity index (χ0) is 13.1. The molecule has 0 saturated carbocycles. The normalized spacial score (nSPS) is 19.9. The minimum atomic E-state index is -0.258. The Hall–Kier alpha value is -0.800. The Morgan fingerprint density at radius 3 is 2.89 bits per heavy atom. The van der Waals surface area contributed by atoms with Gasteiger partial charge in [-0.1, -0.05) is 18.0 Å². The van der Waals surface area contributed by atoms with Crippen LogP contribution < -0.4 is 10.1 Å². The fourth-order valence-electron chi connectivity index (χ4n) is 2.55. The molecule has 1 aromatic rings. The third-order valence-corrected chi connectivity index (χ3v) is 3.90. The molecule has 1 aromatic carbocycles. The van der Waals surface area contributed by atoms with Crippen LogP contribution in [-0.4, -0.2) is 19.7 Å². The van der Waals surface area contributed by atoms with Crippen LogP contribution in [0.2, 0.25) is 5.02 Å². The summed E-state index contributed by atoms with van der Waals surface area (Å²) in [6.07, 6.45) is 4.34. The monoisotopic (exact) mass is 271 g/mol. The van der Waals surface area contributed by atoms with Gasteiger partial charge in [-0.2, -0.15) is 0 Å². The first-order valence-corrected chi connectivity index (χ1v) is 6.76. The molecule has 0 aliphatic carbocycles. The molecule has 0 amide bonds. The second-order valence-electron chi connectivity index (χ2n) is 4.83. The third-order valence-electron chi connectivity index (χ3n) is 3.62. The van der Waals surface area contributed by atoms with E-state index in [1.165, 1.54) is 18.9 Å². The number of benzene rings is 1. The Morgan fingerprint density at radius 1 is 1.50 bits per heavy atom. The smallest absolute Gasteiger partial charge is 0.141 e. The number of halogens is 2. The van der Waals surface area contributed by atoms with E-state index < -0.39 is 0 Å². The fourth-order valence-corrected chi connectivity index (χ4v) is 2.84. The molecule has 1 aliphatic rings. The first kappa shape index (κ1) is 13.6. The van der Waals surface area contributed by atoms with Gasteiger partial charge in [-0.15, -0.1) is 0 Å². The van der Waals surface area contributed by atoms with Gasteiger partial charge in [0.2, 0.25) is 0 Å². The number of rotatable bonds is 3. The molecule has 1 saturated heterocycles. The van der Waals surface area contributed by atoms with Gasteiger partial charge in [0.25, 0.3) is 0 Å². The van der Waals surface area contributed by atoms with Crippen molar-refractivity contribution >= 4 is 11.6 Å². The van der Waals surface area contributed by atoms with Gasteiger partial charge in [0, 0.05) is 11.6 Å². The van der Waals surface area contributed by atoms with Crippen molar-refractivity contribution in [3.05, 3.63) is 28.0 Å². The first-order valence-electron chi connectivity index (χ1n) is 6.38. The standard InChI is InChI=1S/C14H19ClFNO/c1-9-11(7-10-5-3-4-6-17-10)14(18-2)12(15)8-13(9)16/h8,10,17H,3-7H2,1-2H3. The summed E-state index contributed by atoms with van der Waals surface area (Å²) in [5.74, 6) is 0.356. The summed E-state index contributed by atoms with van der Waals surface area (Å²) >= 11 is 6.04. The highest BCUT2D eigenvalue weighted by Gasteiger charge is 2.20. The summed E-state index contributed by atoms with van der Waals surface area (Å²) in [6, 6.07) is 1.72. The highest BCUT2D eigenvalue weighted by Crippen LogP contribution is 2.34. The zero-order valence-corrected chi connectivity index (χ0v) is 11.6. The van der Waals surface area contributed by atoms with Gasteiger partial charge >= 0.3 is 0 Å². The minimum absolute atomic E-state index is 0.258. The van der Waals surface area contributed by atoms with Crippen molar-refractivity contribution in [3.8, 4) is 5.75 Å². The number of ether oxygens (including phenoxy) is 1. The number of hydrogen-bond acceptors (Lipinski definition) is 2. The maximum atomic E-state index is 13.8. The molecule has 18 heavy (non-hydrogen) atoms. The molecule has 1 heterocycles. The number of methoxy groups -OCH3 is 1. The summed E-state index contributed by atoms with van der Waals surface area (Å²) in [6.45, 7) is 2.82. The van der Waals surface area contributed by atoms with Crippen LogP contribution >= 0.6 is 11.6 Å². The molecular weight excluding hydrogens is 253 g/mol. The number of hydrogen-bond donors (Lipinski definition) is 1. The van der Waals surface area contributed by atoms with Gasteiger partial charge in [0.05, 0.1) is 12.1 Å². The van der Waals surface area contributed by atoms with Crippen molar-refractivity contribution < 1.29 is 9.13 Å². The van der Waals surface area contributed by atoms with Crippen LogP contribution in [0, 0.1) is 12.7 Å². The molecule has 1 N–H and O–H groups in total. The predicted molar refractivity (Wildman–Crippen MR) is 72.0 cm³/mol. The van der Waals surface area contributed by atoms with Gasteiger partial charge in [0.1, 0.15) is 11.6 Å². The van der Waals surface area contributed by atoms with Crippen molar-refractivity contribution in [1.29, 1.82) is 0 Å². The second kappa shape index (κ2) is 5.89. The van der Waals surface area contributed by atoms with Crippen LogP contribution in [0.15, 0.2) is 6.07 Å². The first-order chi connectivity index (χ1) is 8.63. The summed E-state index contributed by atoms with van der Waals surface area (Å²) in [5, 5.41) is 3.82. The van der Waals surface area contributed by atoms with Crippen molar-refractivity contribution in [3.63, 3.8) is 0 Å². The molecule has 1 fully saturated rings. The van der Waals surface area contributed by atoms with E-state index in [0.29, 0.717) is 22.4 Å². The number of piperidine rings is 1. The SMILES string of the molecule is COc1c(Cl)cc(F)c(C)c1CC1CCCCN1. The lowest BCUT2D eigenvalue weighted by molar-refractivity contribution is 0.379. The van der Waals surface area contributed by atoms with Crippen LogP contribution in [0.25, 0.3) is 0 Å². The molecule has 0 bridgehead atoms. The van der Waals surface area contributed by atoms with Gasteiger partial charge in [-0.05, 0) is 44.4 Å². The van der Waals surface area contributed by atoms with E-state index in [-0.39, 0.29) is 5.82 Å². The van der Waals surface area contributed by atoms with E-state index in [0.717, 1.165) is 24.9 Å². The minimum Gasteiger partial charge on any atom is -0.495 e. The zero-order valence-electron chi connectivity index (χ0n) is 10.9. The summed E-state index contributed by atoms with van der Waals surface area (Å²) in [4.78, 5) is 0. The van der Waals surface area contributed by atoms with Crippen LogP contribution in [-0.2, 0) is 6.42 Å².